The molecule has 0 aliphatic heterocycles. The normalized spacial score (nSPS) is 12.1. The zero-order chi connectivity index (χ0) is 10.3. The number of rotatable bonds is 1. The van der Waals surface area contributed by atoms with E-state index in [-0.39, 0.29) is 0 Å². The molecule has 1 heterocycles. The SMILES string of the molecule is CP(C)(=O)c1c(N)ccc2scnc12. The minimum absolute atomic E-state index is 0.580. The molecule has 0 fully saturated rings. The first-order valence-electron chi connectivity index (χ1n) is 4.17. The summed E-state index contributed by atoms with van der Waals surface area (Å²) in [4.78, 5) is 4.21. The number of nitrogens with zero attached hydrogens (tertiary/aromatic N) is 1. The Bertz CT molecular complexity index is 529. The Kier molecular flexibility index (Phi) is 2.13. The van der Waals surface area contributed by atoms with Crippen molar-refractivity contribution in [3.63, 3.8) is 0 Å². The predicted molar refractivity (Wildman–Crippen MR) is 63.1 cm³/mol. The molecule has 0 saturated carbocycles. The average Bonchev–Trinajstić information content (AvgIpc) is 2.48. The number of nitrogen functional groups attached to an aromatic ring is 1. The molecular weight excluding hydrogens is 215 g/mol. The van der Waals surface area contributed by atoms with Gasteiger partial charge >= 0.3 is 0 Å². The van der Waals surface area contributed by atoms with Crippen LogP contribution in [-0.2, 0) is 4.57 Å². The summed E-state index contributed by atoms with van der Waals surface area (Å²) in [6.07, 6.45) is 0. The van der Waals surface area contributed by atoms with Gasteiger partial charge in [-0.2, -0.15) is 0 Å². The van der Waals surface area contributed by atoms with E-state index < -0.39 is 7.14 Å². The maximum atomic E-state index is 12.0. The smallest absolute Gasteiger partial charge is 0.114 e. The third-order valence-electron chi connectivity index (χ3n) is 2.05. The lowest BCUT2D eigenvalue weighted by molar-refractivity contribution is 0.588. The largest absolute Gasteiger partial charge is 0.398 e. The highest BCUT2D eigenvalue weighted by Gasteiger charge is 2.19. The van der Waals surface area contributed by atoms with Crippen LogP contribution in [0.1, 0.15) is 0 Å². The highest BCUT2D eigenvalue weighted by atomic mass is 32.1. The molecule has 0 bridgehead atoms. The van der Waals surface area contributed by atoms with Gasteiger partial charge in [0, 0.05) is 5.69 Å². The Morgan fingerprint density at radius 2 is 2.14 bits per heavy atom. The van der Waals surface area contributed by atoms with Gasteiger partial charge in [0.05, 0.1) is 21.0 Å². The number of aromatic nitrogens is 1. The van der Waals surface area contributed by atoms with Crippen molar-refractivity contribution in [2.24, 2.45) is 0 Å². The fourth-order valence-corrected chi connectivity index (χ4v) is 3.64. The van der Waals surface area contributed by atoms with Crippen LogP contribution in [0.4, 0.5) is 5.69 Å². The van der Waals surface area contributed by atoms with Crippen molar-refractivity contribution >= 4 is 39.7 Å². The lowest BCUT2D eigenvalue weighted by Crippen LogP contribution is -2.10. The molecule has 2 aromatic rings. The third-order valence-corrected chi connectivity index (χ3v) is 4.39. The van der Waals surface area contributed by atoms with Gasteiger partial charge in [0.2, 0.25) is 0 Å². The number of hydrogen-bond acceptors (Lipinski definition) is 4. The van der Waals surface area contributed by atoms with Crippen molar-refractivity contribution in [1.82, 2.24) is 4.98 Å². The molecule has 14 heavy (non-hydrogen) atoms. The van der Waals surface area contributed by atoms with Gasteiger partial charge in [-0.25, -0.2) is 4.98 Å². The van der Waals surface area contributed by atoms with Gasteiger partial charge in [-0.15, -0.1) is 11.3 Å². The molecule has 3 nitrogen and oxygen atoms in total. The van der Waals surface area contributed by atoms with Crippen molar-refractivity contribution in [3.05, 3.63) is 17.6 Å². The van der Waals surface area contributed by atoms with E-state index in [9.17, 15) is 4.57 Å². The van der Waals surface area contributed by atoms with Crippen molar-refractivity contribution < 1.29 is 4.57 Å². The van der Waals surface area contributed by atoms with E-state index in [1.165, 1.54) is 11.3 Å². The second-order valence-corrected chi connectivity index (χ2v) is 7.59. The molecule has 1 aromatic carbocycles. The summed E-state index contributed by atoms with van der Waals surface area (Å²) in [5.74, 6) is 0. The predicted octanol–water partition coefficient (Wildman–Crippen LogP) is 2.13. The maximum absolute atomic E-state index is 12.0. The van der Waals surface area contributed by atoms with Crippen LogP contribution in [0.5, 0.6) is 0 Å². The number of thiazole rings is 1. The quantitative estimate of drug-likeness (QED) is 0.598. The molecule has 74 valence electrons. The topological polar surface area (TPSA) is 56.0 Å². The highest BCUT2D eigenvalue weighted by molar-refractivity contribution is 7.71. The highest BCUT2D eigenvalue weighted by Crippen LogP contribution is 2.40. The van der Waals surface area contributed by atoms with Gasteiger partial charge in [-0.05, 0) is 25.5 Å². The molecule has 2 rings (SSSR count). The number of anilines is 1. The van der Waals surface area contributed by atoms with Crippen LogP contribution in [0.3, 0.4) is 0 Å². The average molecular weight is 226 g/mol. The van der Waals surface area contributed by atoms with Gasteiger partial charge < -0.3 is 10.3 Å². The summed E-state index contributed by atoms with van der Waals surface area (Å²) in [6, 6.07) is 3.72. The Morgan fingerprint density at radius 3 is 2.79 bits per heavy atom. The van der Waals surface area contributed by atoms with Crippen LogP contribution in [0.15, 0.2) is 17.6 Å². The molecule has 5 heteroatoms. The lowest BCUT2D eigenvalue weighted by Gasteiger charge is -2.10. The van der Waals surface area contributed by atoms with Gasteiger partial charge in [0.1, 0.15) is 7.14 Å². The van der Waals surface area contributed by atoms with Crippen molar-refractivity contribution in [3.8, 4) is 0 Å². The standard InChI is InChI=1S/C9H11N2OPS/c1-13(2,12)9-6(10)3-4-7-8(9)11-5-14-7/h3-5H,10H2,1-2H3. The summed E-state index contributed by atoms with van der Waals surface area (Å²) in [5, 5.41) is 0.719. The summed E-state index contributed by atoms with van der Waals surface area (Å²) in [5.41, 5.74) is 8.95. The Balaban J connectivity index is 2.91. The summed E-state index contributed by atoms with van der Waals surface area (Å²) in [6.45, 7) is 3.44. The Morgan fingerprint density at radius 1 is 1.43 bits per heavy atom. The molecule has 0 amide bonds. The molecule has 0 atom stereocenters. The fraction of sp³-hybridized carbons (Fsp3) is 0.222. The third kappa shape index (κ3) is 1.45. The van der Waals surface area contributed by atoms with Gasteiger partial charge in [-0.1, -0.05) is 0 Å². The van der Waals surface area contributed by atoms with E-state index in [0.29, 0.717) is 5.69 Å². The second-order valence-electron chi connectivity index (χ2n) is 3.55. The molecule has 0 aliphatic rings. The zero-order valence-electron chi connectivity index (χ0n) is 8.02. The molecule has 0 radical (unpaired) electrons. The van der Waals surface area contributed by atoms with Crippen molar-refractivity contribution in [2.75, 3.05) is 19.1 Å². The molecular formula is C9H11N2OPS. The molecule has 2 N–H and O–H groups in total. The van der Waals surface area contributed by atoms with Gasteiger partial charge in [0.25, 0.3) is 0 Å². The molecule has 0 unspecified atom stereocenters. The van der Waals surface area contributed by atoms with Gasteiger partial charge in [-0.3, -0.25) is 0 Å². The minimum Gasteiger partial charge on any atom is -0.398 e. The molecule has 0 saturated heterocycles. The first-order valence-corrected chi connectivity index (χ1v) is 7.65. The van der Waals surface area contributed by atoms with Gasteiger partial charge in [0.15, 0.2) is 0 Å². The Labute approximate surface area is 86.3 Å². The number of fused-ring (bicyclic) bond motifs is 1. The monoisotopic (exact) mass is 226 g/mol. The fourth-order valence-electron chi connectivity index (χ4n) is 1.50. The molecule has 0 aliphatic carbocycles. The van der Waals surface area contributed by atoms with Crippen LogP contribution < -0.4 is 11.0 Å². The number of benzene rings is 1. The van der Waals surface area contributed by atoms with E-state index >= 15 is 0 Å². The van der Waals surface area contributed by atoms with E-state index in [0.717, 1.165) is 15.5 Å². The van der Waals surface area contributed by atoms with Crippen molar-refractivity contribution in [2.45, 2.75) is 0 Å². The minimum atomic E-state index is -2.35. The summed E-state index contributed by atoms with van der Waals surface area (Å²) < 4.78 is 13.1. The van der Waals surface area contributed by atoms with Crippen LogP contribution >= 0.6 is 18.5 Å². The van der Waals surface area contributed by atoms with Crippen molar-refractivity contribution in [1.29, 1.82) is 0 Å². The van der Waals surface area contributed by atoms with E-state index in [1.54, 1.807) is 24.9 Å². The number of hydrogen-bond donors (Lipinski definition) is 1. The van der Waals surface area contributed by atoms with E-state index in [1.807, 2.05) is 6.07 Å². The zero-order valence-corrected chi connectivity index (χ0v) is 9.73. The number of nitrogens with two attached hydrogens (primary N) is 1. The van der Waals surface area contributed by atoms with E-state index in [2.05, 4.69) is 4.98 Å². The molecule has 0 spiro atoms. The van der Waals surface area contributed by atoms with Crippen LogP contribution in [0, 0.1) is 0 Å². The second kappa shape index (κ2) is 3.07. The Hall–Kier alpha value is -0.860. The van der Waals surface area contributed by atoms with Crippen LogP contribution in [0.2, 0.25) is 0 Å². The van der Waals surface area contributed by atoms with Crippen LogP contribution in [0.25, 0.3) is 10.2 Å². The van der Waals surface area contributed by atoms with Crippen LogP contribution in [-0.4, -0.2) is 18.3 Å². The first-order chi connectivity index (χ1) is 6.50. The van der Waals surface area contributed by atoms with E-state index in [4.69, 9.17) is 5.73 Å². The summed E-state index contributed by atoms with van der Waals surface area (Å²) >= 11 is 1.54. The lowest BCUT2D eigenvalue weighted by atomic mass is 10.3. The summed E-state index contributed by atoms with van der Waals surface area (Å²) in [7, 11) is -2.35. The molecule has 1 aromatic heterocycles. The maximum Gasteiger partial charge on any atom is 0.114 e. The first kappa shape index (κ1) is 9.69.